The molecule has 0 unspecified atom stereocenters. The average Bonchev–Trinajstić information content (AvgIpc) is 2.17. The minimum atomic E-state index is -3.83. The van der Waals surface area contributed by atoms with E-state index in [4.69, 9.17) is 5.11 Å². The molecule has 0 saturated carbocycles. The second-order valence-corrected chi connectivity index (χ2v) is 4.90. The number of halogens is 1. The highest BCUT2D eigenvalue weighted by Crippen LogP contribution is 2.13. The van der Waals surface area contributed by atoms with Crippen LogP contribution in [0.25, 0.3) is 0 Å². The van der Waals surface area contributed by atoms with Crippen LogP contribution in [0.4, 0.5) is 0 Å². The minimum Gasteiger partial charge on any atom is -0.508 e. The Balaban J connectivity index is 2.96. The van der Waals surface area contributed by atoms with Crippen LogP contribution in [-0.4, -0.2) is 24.8 Å². The Labute approximate surface area is 95.3 Å². The Hall–Kier alpha value is -1.08. The van der Waals surface area contributed by atoms with Crippen molar-refractivity contribution in [3.8, 4) is 5.75 Å². The third-order valence-electron chi connectivity index (χ3n) is 1.52. The molecule has 0 radical (unpaired) electrons. The Morgan fingerprint density at radius 1 is 1.33 bits per heavy atom. The van der Waals surface area contributed by atoms with Gasteiger partial charge in [0.05, 0.1) is 10.2 Å². The van der Waals surface area contributed by atoms with Gasteiger partial charge in [0.15, 0.2) is 0 Å². The van der Waals surface area contributed by atoms with Gasteiger partial charge in [0.2, 0.25) is 5.91 Å². The number of aromatic hydroxyl groups is 1. The predicted molar refractivity (Wildman–Crippen MR) is 57.2 cm³/mol. The van der Waals surface area contributed by atoms with E-state index in [0.29, 0.717) is 0 Å². The minimum absolute atomic E-state index is 0.0410. The maximum Gasteiger partial charge on any atom is 0.264 e. The first-order valence-corrected chi connectivity index (χ1v) is 6.47. The number of rotatable bonds is 3. The summed E-state index contributed by atoms with van der Waals surface area (Å²) in [5.41, 5.74) is 0. The number of sulfonamides is 1. The van der Waals surface area contributed by atoms with Crippen molar-refractivity contribution in [3.63, 3.8) is 0 Å². The molecule has 7 heteroatoms. The van der Waals surface area contributed by atoms with E-state index in [2.05, 4.69) is 15.9 Å². The number of carbonyl (C=O) groups excluding carboxylic acids is 1. The summed E-state index contributed by atoms with van der Waals surface area (Å²) < 4.78 is 24.8. The van der Waals surface area contributed by atoms with Gasteiger partial charge < -0.3 is 5.11 Å². The van der Waals surface area contributed by atoms with Crippen molar-refractivity contribution >= 4 is 31.9 Å². The van der Waals surface area contributed by atoms with Gasteiger partial charge in [-0.15, -0.1) is 0 Å². The van der Waals surface area contributed by atoms with Crippen LogP contribution in [0.1, 0.15) is 0 Å². The standard InChI is InChI=1S/C8H8BrNO4S/c9-5-8(12)10-15(13,14)7-3-1-6(11)2-4-7/h1-4,11H,5H2,(H,10,12). The zero-order chi connectivity index (χ0) is 11.5. The lowest BCUT2D eigenvalue weighted by Gasteiger charge is -2.04. The zero-order valence-electron chi connectivity index (χ0n) is 7.47. The second-order valence-electron chi connectivity index (χ2n) is 2.66. The number of alkyl halides is 1. The smallest absolute Gasteiger partial charge is 0.264 e. The quantitative estimate of drug-likeness (QED) is 0.799. The van der Waals surface area contributed by atoms with Crippen molar-refractivity contribution in [2.45, 2.75) is 4.90 Å². The normalized spacial score (nSPS) is 11.0. The molecule has 1 rings (SSSR count). The summed E-state index contributed by atoms with van der Waals surface area (Å²) in [6, 6.07) is 4.87. The van der Waals surface area contributed by atoms with Crippen molar-refractivity contribution in [2.75, 3.05) is 5.33 Å². The summed E-state index contributed by atoms with van der Waals surface area (Å²) in [6.45, 7) is 0. The number of carbonyl (C=O) groups is 1. The van der Waals surface area contributed by atoms with Crippen LogP contribution < -0.4 is 4.72 Å². The molecule has 82 valence electrons. The zero-order valence-corrected chi connectivity index (χ0v) is 9.88. The second kappa shape index (κ2) is 4.63. The van der Waals surface area contributed by atoms with Crippen molar-refractivity contribution in [2.24, 2.45) is 0 Å². The van der Waals surface area contributed by atoms with Crippen LogP contribution in [0.15, 0.2) is 29.2 Å². The summed E-state index contributed by atoms with van der Waals surface area (Å²) in [6.07, 6.45) is 0. The van der Waals surface area contributed by atoms with Crippen molar-refractivity contribution < 1.29 is 18.3 Å². The first-order valence-electron chi connectivity index (χ1n) is 3.86. The third kappa shape index (κ3) is 3.21. The highest BCUT2D eigenvalue weighted by atomic mass is 79.9. The van der Waals surface area contributed by atoms with Gasteiger partial charge in [-0.25, -0.2) is 13.1 Å². The summed E-state index contributed by atoms with van der Waals surface area (Å²) in [5.74, 6) is -0.691. The Bertz CT molecular complexity index is 454. The molecule has 1 aromatic rings. The first kappa shape index (κ1) is 12.0. The van der Waals surface area contributed by atoms with E-state index in [0.717, 1.165) is 0 Å². The average molecular weight is 294 g/mol. The first-order chi connectivity index (χ1) is 6.95. The lowest BCUT2D eigenvalue weighted by molar-refractivity contribution is -0.116. The molecule has 15 heavy (non-hydrogen) atoms. The molecule has 0 aliphatic rings. The van der Waals surface area contributed by atoms with E-state index in [1.165, 1.54) is 24.3 Å². The van der Waals surface area contributed by atoms with Gasteiger partial charge in [-0.1, -0.05) is 15.9 Å². The Morgan fingerprint density at radius 3 is 2.33 bits per heavy atom. The molecule has 0 heterocycles. The highest BCUT2D eigenvalue weighted by molar-refractivity contribution is 9.09. The van der Waals surface area contributed by atoms with Crippen LogP contribution in [0, 0.1) is 0 Å². The van der Waals surface area contributed by atoms with Gasteiger partial charge >= 0.3 is 0 Å². The molecule has 0 aromatic heterocycles. The Kier molecular flexibility index (Phi) is 3.70. The van der Waals surface area contributed by atoms with E-state index >= 15 is 0 Å². The maximum absolute atomic E-state index is 11.5. The topological polar surface area (TPSA) is 83.5 Å². The molecule has 0 aliphatic carbocycles. The van der Waals surface area contributed by atoms with Gasteiger partial charge in [0.1, 0.15) is 5.75 Å². The van der Waals surface area contributed by atoms with E-state index in [-0.39, 0.29) is 16.0 Å². The van der Waals surface area contributed by atoms with Crippen LogP contribution in [0.5, 0.6) is 5.75 Å². The molecule has 0 aliphatic heterocycles. The van der Waals surface area contributed by atoms with Gasteiger partial charge in [-0.2, -0.15) is 0 Å². The molecule has 0 bridgehead atoms. The molecule has 2 N–H and O–H groups in total. The fourth-order valence-corrected chi connectivity index (χ4v) is 2.17. The van der Waals surface area contributed by atoms with E-state index in [1.54, 1.807) is 0 Å². The van der Waals surface area contributed by atoms with Crippen molar-refractivity contribution in [1.29, 1.82) is 0 Å². The molecular formula is C8H8BrNO4S. The van der Waals surface area contributed by atoms with Crippen molar-refractivity contribution in [3.05, 3.63) is 24.3 Å². The molecule has 5 nitrogen and oxygen atoms in total. The molecular weight excluding hydrogens is 286 g/mol. The summed E-state index contributed by atoms with van der Waals surface area (Å²) in [7, 11) is -3.83. The predicted octanol–water partition coefficient (Wildman–Crippen LogP) is 0.592. The van der Waals surface area contributed by atoms with E-state index in [1.807, 2.05) is 4.72 Å². The van der Waals surface area contributed by atoms with E-state index < -0.39 is 15.9 Å². The number of hydrogen-bond donors (Lipinski definition) is 2. The maximum atomic E-state index is 11.5. The van der Waals surface area contributed by atoms with Gasteiger partial charge in [0, 0.05) is 0 Å². The van der Waals surface area contributed by atoms with Crippen molar-refractivity contribution in [1.82, 2.24) is 4.72 Å². The summed E-state index contributed by atoms with van der Waals surface area (Å²) in [4.78, 5) is 10.8. The fourth-order valence-electron chi connectivity index (χ4n) is 0.861. The van der Waals surface area contributed by atoms with Gasteiger partial charge in [0.25, 0.3) is 10.0 Å². The molecule has 0 saturated heterocycles. The molecule has 0 spiro atoms. The fraction of sp³-hybridized carbons (Fsp3) is 0.125. The van der Waals surface area contributed by atoms with Crippen LogP contribution in [0.3, 0.4) is 0 Å². The van der Waals surface area contributed by atoms with Crippen LogP contribution >= 0.6 is 15.9 Å². The van der Waals surface area contributed by atoms with Gasteiger partial charge in [-0.05, 0) is 24.3 Å². The number of amides is 1. The molecule has 0 atom stereocenters. The Morgan fingerprint density at radius 2 is 1.87 bits per heavy atom. The van der Waals surface area contributed by atoms with E-state index in [9.17, 15) is 13.2 Å². The number of nitrogens with one attached hydrogen (secondary N) is 1. The molecule has 1 aromatic carbocycles. The summed E-state index contributed by atoms with van der Waals surface area (Å²) >= 11 is 2.84. The highest BCUT2D eigenvalue weighted by Gasteiger charge is 2.16. The summed E-state index contributed by atoms with van der Waals surface area (Å²) in [5, 5.41) is 8.87. The van der Waals surface area contributed by atoms with Crippen LogP contribution in [0.2, 0.25) is 0 Å². The molecule has 1 amide bonds. The number of phenols is 1. The third-order valence-corrected chi connectivity index (χ3v) is 3.42. The number of phenolic OH excluding ortho intramolecular Hbond substituents is 1. The number of benzene rings is 1. The largest absolute Gasteiger partial charge is 0.508 e. The SMILES string of the molecule is O=C(CBr)NS(=O)(=O)c1ccc(O)cc1. The number of hydrogen-bond acceptors (Lipinski definition) is 4. The lowest BCUT2D eigenvalue weighted by atomic mass is 10.3. The lowest BCUT2D eigenvalue weighted by Crippen LogP contribution is -2.31. The monoisotopic (exact) mass is 293 g/mol. The molecule has 0 fully saturated rings. The van der Waals surface area contributed by atoms with Gasteiger partial charge in [-0.3, -0.25) is 4.79 Å². The van der Waals surface area contributed by atoms with Crippen LogP contribution in [-0.2, 0) is 14.8 Å².